The zero-order valence-electron chi connectivity index (χ0n) is 8.83. The average Bonchev–Trinajstić information content (AvgIpc) is 2.15. The van der Waals surface area contributed by atoms with Crippen molar-refractivity contribution in [3.63, 3.8) is 0 Å². The summed E-state index contributed by atoms with van der Waals surface area (Å²) < 4.78 is 5.30. The summed E-state index contributed by atoms with van der Waals surface area (Å²) >= 11 is 0. The second kappa shape index (κ2) is 5.58. The minimum atomic E-state index is 0.637. The number of hydrogen-bond donors (Lipinski definition) is 1. The standard InChI is InChI=1S/C10H22N2O/c1-9(2)10(7-11)8-12-3-5-13-6-4-12/h9-10H,3-8,11H2,1-2H3. The number of hydrogen-bond acceptors (Lipinski definition) is 3. The van der Waals surface area contributed by atoms with E-state index in [-0.39, 0.29) is 0 Å². The maximum Gasteiger partial charge on any atom is 0.0594 e. The minimum Gasteiger partial charge on any atom is -0.379 e. The van der Waals surface area contributed by atoms with Gasteiger partial charge in [-0.1, -0.05) is 13.8 Å². The van der Waals surface area contributed by atoms with Crippen molar-refractivity contribution in [2.24, 2.45) is 17.6 Å². The van der Waals surface area contributed by atoms with E-state index < -0.39 is 0 Å². The van der Waals surface area contributed by atoms with Crippen LogP contribution in [0.4, 0.5) is 0 Å². The van der Waals surface area contributed by atoms with Crippen molar-refractivity contribution in [3.8, 4) is 0 Å². The van der Waals surface area contributed by atoms with Crippen LogP contribution < -0.4 is 5.73 Å². The summed E-state index contributed by atoms with van der Waals surface area (Å²) in [6, 6.07) is 0. The molecular weight excluding hydrogens is 164 g/mol. The van der Waals surface area contributed by atoms with Gasteiger partial charge in [-0.2, -0.15) is 0 Å². The van der Waals surface area contributed by atoms with E-state index in [2.05, 4.69) is 18.7 Å². The van der Waals surface area contributed by atoms with Gasteiger partial charge in [0.25, 0.3) is 0 Å². The summed E-state index contributed by atoms with van der Waals surface area (Å²) in [6.45, 7) is 10.3. The topological polar surface area (TPSA) is 38.5 Å². The lowest BCUT2D eigenvalue weighted by molar-refractivity contribution is 0.0278. The highest BCUT2D eigenvalue weighted by atomic mass is 16.5. The van der Waals surface area contributed by atoms with Crippen molar-refractivity contribution in [3.05, 3.63) is 0 Å². The van der Waals surface area contributed by atoms with Crippen LogP contribution >= 0.6 is 0 Å². The molecule has 0 spiro atoms. The van der Waals surface area contributed by atoms with Crippen LogP contribution in [-0.2, 0) is 4.74 Å². The Hall–Kier alpha value is -0.120. The highest BCUT2D eigenvalue weighted by Crippen LogP contribution is 2.11. The molecule has 1 heterocycles. The van der Waals surface area contributed by atoms with E-state index in [0.29, 0.717) is 11.8 Å². The first-order chi connectivity index (χ1) is 6.24. The molecule has 1 aliphatic heterocycles. The lowest BCUT2D eigenvalue weighted by atomic mass is 9.95. The number of morpholine rings is 1. The summed E-state index contributed by atoms with van der Waals surface area (Å²) in [6.07, 6.45) is 0. The van der Waals surface area contributed by atoms with Gasteiger partial charge in [-0.15, -0.1) is 0 Å². The van der Waals surface area contributed by atoms with Crippen molar-refractivity contribution in [2.45, 2.75) is 13.8 Å². The van der Waals surface area contributed by atoms with Crippen LogP contribution in [0.15, 0.2) is 0 Å². The van der Waals surface area contributed by atoms with Crippen LogP contribution in [0.25, 0.3) is 0 Å². The van der Waals surface area contributed by atoms with Crippen LogP contribution in [-0.4, -0.2) is 44.3 Å². The Kier molecular flexibility index (Phi) is 4.70. The maximum absolute atomic E-state index is 5.73. The van der Waals surface area contributed by atoms with Gasteiger partial charge in [-0.25, -0.2) is 0 Å². The number of rotatable bonds is 4. The van der Waals surface area contributed by atoms with Crippen molar-refractivity contribution in [2.75, 3.05) is 39.4 Å². The molecule has 1 rings (SSSR count). The Balaban J connectivity index is 2.27. The van der Waals surface area contributed by atoms with Crippen molar-refractivity contribution in [1.82, 2.24) is 4.90 Å². The Bertz CT molecular complexity index is 133. The molecule has 78 valence electrons. The Morgan fingerprint density at radius 3 is 2.38 bits per heavy atom. The molecule has 0 amide bonds. The van der Waals surface area contributed by atoms with Gasteiger partial charge in [0.1, 0.15) is 0 Å². The molecule has 2 N–H and O–H groups in total. The van der Waals surface area contributed by atoms with Gasteiger partial charge in [0, 0.05) is 19.6 Å². The molecule has 1 fully saturated rings. The SMILES string of the molecule is CC(C)C(CN)CN1CCOCC1. The second-order valence-electron chi connectivity index (χ2n) is 4.15. The smallest absolute Gasteiger partial charge is 0.0594 e. The molecule has 0 aromatic carbocycles. The predicted octanol–water partition coefficient (Wildman–Crippen LogP) is 0.550. The summed E-state index contributed by atoms with van der Waals surface area (Å²) in [4.78, 5) is 2.46. The lowest BCUT2D eigenvalue weighted by Gasteiger charge is -2.31. The number of nitrogens with two attached hydrogens (primary N) is 1. The van der Waals surface area contributed by atoms with Crippen molar-refractivity contribution in [1.29, 1.82) is 0 Å². The quantitative estimate of drug-likeness (QED) is 0.697. The molecule has 3 heteroatoms. The molecule has 0 aromatic rings. The van der Waals surface area contributed by atoms with Gasteiger partial charge >= 0.3 is 0 Å². The van der Waals surface area contributed by atoms with Crippen LogP contribution in [0.2, 0.25) is 0 Å². The molecule has 0 aliphatic carbocycles. The third-order valence-electron chi connectivity index (χ3n) is 2.84. The molecule has 1 saturated heterocycles. The third kappa shape index (κ3) is 3.63. The van der Waals surface area contributed by atoms with Gasteiger partial charge in [0.2, 0.25) is 0 Å². The molecular formula is C10H22N2O. The van der Waals surface area contributed by atoms with E-state index in [1.165, 1.54) is 0 Å². The minimum absolute atomic E-state index is 0.637. The van der Waals surface area contributed by atoms with E-state index in [1.54, 1.807) is 0 Å². The van der Waals surface area contributed by atoms with E-state index in [9.17, 15) is 0 Å². The zero-order chi connectivity index (χ0) is 9.68. The van der Waals surface area contributed by atoms with Crippen LogP contribution in [0, 0.1) is 11.8 Å². The first kappa shape index (κ1) is 11.0. The summed E-state index contributed by atoms with van der Waals surface area (Å²) in [5.41, 5.74) is 5.73. The third-order valence-corrected chi connectivity index (χ3v) is 2.84. The van der Waals surface area contributed by atoms with E-state index >= 15 is 0 Å². The molecule has 1 aliphatic rings. The molecule has 1 atom stereocenters. The van der Waals surface area contributed by atoms with Crippen molar-refractivity contribution < 1.29 is 4.74 Å². The van der Waals surface area contributed by atoms with Gasteiger partial charge < -0.3 is 10.5 Å². The number of nitrogens with zero attached hydrogens (tertiary/aromatic N) is 1. The molecule has 0 bridgehead atoms. The predicted molar refractivity (Wildman–Crippen MR) is 54.6 cm³/mol. The second-order valence-corrected chi connectivity index (χ2v) is 4.15. The fraction of sp³-hybridized carbons (Fsp3) is 1.00. The van der Waals surface area contributed by atoms with E-state index in [4.69, 9.17) is 10.5 Å². The molecule has 0 saturated carbocycles. The fourth-order valence-electron chi connectivity index (χ4n) is 1.67. The normalized spacial score (nSPS) is 22.2. The van der Waals surface area contributed by atoms with Crippen LogP contribution in [0.1, 0.15) is 13.8 Å². The zero-order valence-corrected chi connectivity index (χ0v) is 8.83. The largest absolute Gasteiger partial charge is 0.379 e. The molecule has 0 aromatic heterocycles. The summed E-state index contributed by atoms with van der Waals surface area (Å²) in [7, 11) is 0. The van der Waals surface area contributed by atoms with Gasteiger partial charge in [-0.05, 0) is 18.4 Å². The summed E-state index contributed by atoms with van der Waals surface area (Å²) in [5, 5.41) is 0. The van der Waals surface area contributed by atoms with Gasteiger partial charge in [0.15, 0.2) is 0 Å². The number of ether oxygens (including phenoxy) is 1. The monoisotopic (exact) mass is 186 g/mol. The molecule has 1 unspecified atom stereocenters. The van der Waals surface area contributed by atoms with E-state index in [1.807, 2.05) is 0 Å². The Morgan fingerprint density at radius 2 is 1.92 bits per heavy atom. The molecule has 13 heavy (non-hydrogen) atoms. The van der Waals surface area contributed by atoms with Crippen LogP contribution in [0.3, 0.4) is 0 Å². The Labute approximate surface area is 81.2 Å². The van der Waals surface area contributed by atoms with Crippen molar-refractivity contribution >= 4 is 0 Å². The van der Waals surface area contributed by atoms with Gasteiger partial charge in [-0.3, -0.25) is 4.90 Å². The maximum atomic E-state index is 5.73. The average molecular weight is 186 g/mol. The summed E-state index contributed by atoms with van der Waals surface area (Å²) in [5.74, 6) is 1.32. The van der Waals surface area contributed by atoms with Gasteiger partial charge in [0.05, 0.1) is 13.2 Å². The molecule has 0 radical (unpaired) electrons. The van der Waals surface area contributed by atoms with E-state index in [0.717, 1.165) is 39.4 Å². The highest BCUT2D eigenvalue weighted by molar-refractivity contribution is 4.71. The fourth-order valence-corrected chi connectivity index (χ4v) is 1.67. The Morgan fingerprint density at radius 1 is 1.31 bits per heavy atom. The van der Waals surface area contributed by atoms with Crippen LogP contribution in [0.5, 0.6) is 0 Å². The lowest BCUT2D eigenvalue weighted by Crippen LogP contribution is -2.42. The first-order valence-electron chi connectivity index (χ1n) is 5.24. The first-order valence-corrected chi connectivity index (χ1v) is 5.24. The molecule has 3 nitrogen and oxygen atoms in total. The highest BCUT2D eigenvalue weighted by Gasteiger charge is 2.17.